The number of hydrogen-bond acceptors (Lipinski definition) is 19. The maximum Gasteiger partial charge on any atom is 0.303 e. The number of hydrogen-bond donors (Lipinski definition) is 1. The zero-order chi connectivity index (χ0) is 55.5. The molecule has 14 atom stereocenters. The molecule has 5 aromatic rings. The highest BCUT2D eigenvalue weighted by Gasteiger charge is 2.58. The zero-order valence-corrected chi connectivity index (χ0v) is 44.5. The van der Waals surface area contributed by atoms with Gasteiger partial charge in [-0.15, -0.1) is 0 Å². The summed E-state index contributed by atoms with van der Waals surface area (Å²) in [5.41, 5.74) is 4.21. The first kappa shape index (κ1) is 58.7. The topological polar surface area (TPSA) is 218 Å². The largest absolute Gasteiger partial charge is 0.463 e. The molecule has 0 bridgehead atoms. The van der Waals surface area contributed by atoms with Crippen LogP contribution in [0.4, 0.5) is 0 Å². The van der Waals surface area contributed by atoms with Crippen LogP contribution in [-0.2, 0) is 119 Å². The van der Waals surface area contributed by atoms with Gasteiger partial charge in [0.15, 0.2) is 37.2 Å². The number of rotatable bonds is 26. The van der Waals surface area contributed by atoms with Gasteiger partial charge in [0, 0.05) is 27.7 Å². The van der Waals surface area contributed by atoms with E-state index >= 15 is 0 Å². The summed E-state index contributed by atoms with van der Waals surface area (Å²) in [5.74, 6) is -3.22. The van der Waals surface area contributed by atoms with Gasteiger partial charge in [-0.1, -0.05) is 152 Å². The summed E-state index contributed by atoms with van der Waals surface area (Å²) in [4.78, 5) is 51.2. The van der Waals surface area contributed by atoms with Crippen molar-refractivity contribution in [3.63, 3.8) is 0 Å². The van der Waals surface area contributed by atoms with Crippen molar-refractivity contribution >= 4 is 23.9 Å². The van der Waals surface area contributed by atoms with E-state index < -0.39 is 116 Å². The van der Waals surface area contributed by atoms with E-state index in [9.17, 15) is 24.3 Å². The molecule has 0 unspecified atom stereocenters. The van der Waals surface area contributed by atoms with Gasteiger partial charge in [0.25, 0.3) is 0 Å². The third kappa shape index (κ3) is 17.3. The second kappa shape index (κ2) is 29.7. The van der Waals surface area contributed by atoms with Gasteiger partial charge >= 0.3 is 23.9 Å². The van der Waals surface area contributed by atoms with Crippen LogP contribution in [0.15, 0.2) is 152 Å². The number of esters is 4. The minimum Gasteiger partial charge on any atom is -0.463 e. The molecule has 19 heteroatoms. The maximum atomic E-state index is 13.1. The Bertz CT molecular complexity index is 2630. The van der Waals surface area contributed by atoms with Crippen molar-refractivity contribution in [3.05, 3.63) is 179 Å². The molecule has 3 heterocycles. The van der Waals surface area contributed by atoms with E-state index in [1.807, 2.05) is 152 Å². The summed E-state index contributed by atoms with van der Waals surface area (Å²) >= 11 is 0. The Kier molecular flexibility index (Phi) is 22.0. The van der Waals surface area contributed by atoms with Gasteiger partial charge in [0.1, 0.15) is 55.4 Å². The van der Waals surface area contributed by atoms with E-state index in [0.717, 1.165) is 48.6 Å². The highest BCUT2D eigenvalue weighted by molar-refractivity contribution is 5.68. The van der Waals surface area contributed by atoms with Gasteiger partial charge in [-0.3, -0.25) is 19.2 Å². The molecule has 0 radical (unpaired) electrons. The Morgan fingerprint density at radius 1 is 0.367 bits per heavy atom. The van der Waals surface area contributed by atoms with E-state index in [2.05, 4.69) is 0 Å². The predicted molar refractivity (Wildman–Crippen MR) is 278 cm³/mol. The normalized spacial score (nSPS) is 27.6. The van der Waals surface area contributed by atoms with Crippen LogP contribution >= 0.6 is 0 Å². The summed E-state index contributed by atoms with van der Waals surface area (Å²) in [6.45, 7) is 4.46. The molecule has 0 aliphatic carbocycles. The minimum absolute atomic E-state index is 0.0156. The van der Waals surface area contributed by atoms with E-state index in [1.165, 1.54) is 6.92 Å². The van der Waals surface area contributed by atoms with Crippen LogP contribution in [0.25, 0.3) is 0 Å². The Morgan fingerprint density at radius 2 is 0.709 bits per heavy atom. The van der Waals surface area contributed by atoms with Crippen molar-refractivity contribution in [2.75, 3.05) is 19.8 Å². The van der Waals surface area contributed by atoms with Crippen molar-refractivity contribution < 1.29 is 90.6 Å². The maximum absolute atomic E-state index is 13.1. The second-order valence-electron chi connectivity index (χ2n) is 19.2. The van der Waals surface area contributed by atoms with Gasteiger partial charge in [-0.25, -0.2) is 0 Å². The summed E-state index contributed by atoms with van der Waals surface area (Å²) in [5, 5.41) is 12.0. The Morgan fingerprint density at radius 3 is 1.14 bits per heavy atom. The first-order chi connectivity index (χ1) is 38.4. The lowest BCUT2D eigenvalue weighted by Crippen LogP contribution is -2.67. The lowest BCUT2D eigenvalue weighted by molar-refractivity contribution is -0.384. The molecule has 19 nitrogen and oxygen atoms in total. The number of carbonyl (C=O) groups is 4. The van der Waals surface area contributed by atoms with Crippen LogP contribution in [0.2, 0.25) is 0 Å². The molecule has 0 spiro atoms. The molecule has 79 heavy (non-hydrogen) atoms. The van der Waals surface area contributed by atoms with Gasteiger partial charge in [-0.05, 0) is 27.8 Å². The SMILES string of the molecule is CC(=O)OC[C@H]1O[C@H](O[C@@H]2[C@@H](O[C@H]3[C@H](OCc4ccccc4)[C@@H](COCc4ccccc4)O[C@@H]3O)O[C@H](COCc3ccccc3)[C@@H](OCc3ccccc3)[C@@H]2OCc2ccccc2)[C@@H](OC(C)=O)[C@@H](OC(C)=O)[C@@H]1OC(C)=O. The number of aliphatic hydroxyl groups excluding tert-OH is 1. The van der Waals surface area contributed by atoms with Gasteiger partial charge in [0.05, 0.1) is 46.2 Å². The van der Waals surface area contributed by atoms with E-state index in [1.54, 1.807) is 0 Å². The van der Waals surface area contributed by atoms with Crippen molar-refractivity contribution in [2.45, 2.75) is 147 Å². The molecule has 0 amide bonds. The monoisotopic (exact) mass is 1090 g/mol. The van der Waals surface area contributed by atoms with Crippen molar-refractivity contribution in [1.29, 1.82) is 0 Å². The van der Waals surface area contributed by atoms with Crippen LogP contribution in [0.1, 0.15) is 55.5 Å². The van der Waals surface area contributed by atoms with E-state index in [-0.39, 0.29) is 46.2 Å². The molecular weight excluding hydrogens is 1020 g/mol. The number of benzene rings is 5. The highest BCUT2D eigenvalue weighted by atomic mass is 16.8. The summed E-state index contributed by atoms with van der Waals surface area (Å²) < 4.78 is 89.7. The predicted octanol–water partition coefficient (Wildman–Crippen LogP) is 6.47. The fourth-order valence-corrected chi connectivity index (χ4v) is 9.49. The third-order valence-corrected chi connectivity index (χ3v) is 13.1. The van der Waals surface area contributed by atoms with Crippen molar-refractivity contribution in [1.82, 2.24) is 0 Å². The molecular formula is C60H68O19. The number of aliphatic hydroxyl groups is 1. The Hall–Kier alpha value is -6.46. The number of ether oxygens (including phenoxy) is 14. The van der Waals surface area contributed by atoms with Crippen LogP contribution in [-0.4, -0.2) is 135 Å². The molecule has 422 valence electrons. The van der Waals surface area contributed by atoms with Crippen molar-refractivity contribution in [2.24, 2.45) is 0 Å². The zero-order valence-electron chi connectivity index (χ0n) is 44.5. The Labute approximate surface area is 459 Å². The van der Waals surface area contributed by atoms with Crippen molar-refractivity contribution in [3.8, 4) is 0 Å². The minimum atomic E-state index is -1.75. The van der Waals surface area contributed by atoms with Crippen LogP contribution < -0.4 is 0 Å². The van der Waals surface area contributed by atoms with E-state index in [4.69, 9.17) is 66.3 Å². The fourth-order valence-electron chi connectivity index (χ4n) is 9.49. The highest BCUT2D eigenvalue weighted by Crippen LogP contribution is 2.38. The lowest BCUT2D eigenvalue weighted by atomic mass is 9.96. The molecule has 5 aromatic carbocycles. The quantitative estimate of drug-likeness (QED) is 0.0463. The molecule has 3 aliphatic rings. The molecule has 3 aliphatic heterocycles. The molecule has 0 aromatic heterocycles. The smallest absolute Gasteiger partial charge is 0.303 e. The Balaban J connectivity index is 1.22. The molecule has 3 saturated heterocycles. The lowest BCUT2D eigenvalue weighted by Gasteiger charge is -2.49. The second-order valence-corrected chi connectivity index (χ2v) is 19.2. The third-order valence-electron chi connectivity index (χ3n) is 13.1. The molecule has 1 N–H and O–H groups in total. The summed E-state index contributed by atoms with van der Waals surface area (Å²) in [6, 6.07) is 47.4. The fraction of sp³-hybridized carbons (Fsp3) is 0.433. The van der Waals surface area contributed by atoms with Crippen LogP contribution in [0.3, 0.4) is 0 Å². The van der Waals surface area contributed by atoms with Crippen LogP contribution in [0.5, 0.6) is 0 Å². The molecule has 0 saturated carbocycles. The van der Waals surface area contributed by atoms with E-state index in [0.29, 0.717) is 0 Å². The summed E-state index contributed by atoms with van der Waals surface area (Å²) in [7, 11) is 0. The van der Waals surface area contributed by atoms with Gasteiger partial charge < -0.3 is 71.4 Å². The standard InChI is InChI=1S/C60H68O19/c1-38(61)68-37-49-52(72-39(2)62)54(73-40(3)63)57(74-41(4)64)60(77-49)79-56-53(71-34-46-28-18-9-19-29-46)50(69-32-44-24-14-7-15-25-44)48(36-67-31-43-22-12-6-13-23-43)76-59(56)78-55-51(70-33-45-26-16-8-17-27-45)47(75-58(55)65)35-66-30-42-20-10-5-11-21-42/h5-29,47-60,65H,30-37H2,1-4H3/t47-,48-,49-,50-,51-,52-,53+,54+,55+,56+,57+,58+,59-,60-/m1/s1. The average molecular weight is 1090 g/mol. The first-order valence-corrected chi connectivity index (χ1v) is 26.2. The number of carbonyl (C=O) groups excluding carboxylic acids is 4. The van der Waals surface area contributed by atoms with Gasteiger partial charge in [0.2, 0.25) is 0 Å². The molecule has 8 rings (SSSR count). The average Bonchev–Trinajstić information content (AvgIpc) is 3.93. The summed E-state index contributed by atoms with van der Waals surface area (Å²) in [6.07, 6.45) is -19.1. The van der Waals surface area contributed by atoms with Gasteiger partial charge in [-0.2, -0.15) is 0 Å². The first-order valence-electron chi connectivity index (χ1n) is 26.2. The van der Waals surface area contributed by atoms with Crippen LogP contribution in [0, 0.1) is 0 Å². The molecule has 3 fully saturated rings.